The molecule has 7 nitrogen and oxygen atoms in total. The first-order valence-corrected chi connectivity index (χ1v) is 6.46. The van der Waals surface area contributed by atoms with Crippen LogP contribution in [0.1, 0.15) is 16.8 Å². The summed E-state index contributed by atoms with van der Waals surface area (Å²) in [7, 11) is -3.81. The van der Waals surface area contributed by atoms with Crippen molar-refractivity contribution in [3.63, 3.8) is 0 Å². The Morgan fingerprint density at radius 3 is 2.22 bits per heavy atom. The number of hydrogen-bond donors (Lipinski definition) is 3. The van der Waals surface area contributed by atoms with Crippen molar-refractivity contribution in [2.75, 3.05) is 6.26 Å². The normalized spacial score (nSPS) is 10.9. The van der Waals surface area contributed by atoms with Gasteiger partial charge in [-0.05, 0) is 0 Å². The fourth-order valence-corrected chi connectivity index (χ4v) is 1.78. The fraction of sp³-hybridized carbons (Fsp3) is 0.444. The molecule has 1 aromatic heterocycles. The van der Waals surface area contributed by atoms with Crippen LogP contribution in [0.5, 0.6) is 5.75 Å². The lowest BCUT2D eigenvalue weighted by molar-refractivity contribution is 0.250. The van der Waals surface area contributed by atoms with Crippen LogP contribution >= 0.6 is 12.4 Å². The van der Waals surface area contributed by atoms with Crippen LogP contribution < -0.4 is 4.18 Å². The van der Waals surface area contributed by atoms with E-state index in [2.05, 4.69) is 9.17 Å². The Kier molecular flexibility index (Phi) is 6.50. The molecular weight excluding hydrogens is 286 g/mol. The Hall–Kier alpha value is -0.930. The highest BCUT2D eigenvalue weighted by Crippen LogP contribution is 2.27. The molecule has 0 fully saturated rings. The average molecular weight is 300 g/mol. The first kappa shape index (κ1) is 17.1. The van der Waals surface area contributed by atoms with Gasteiger partial charge in [0.2, 0.25) is 0 Å². The number of halogens is 1. The molecule has 0 saturated heterocycles. The van der Waals surface area contributed by atoms with Crippen molar-refractivity contribution < 1.29 is 27.9 Å². The molecule has 1 heterocycles. The maximum absolute atomic E-state index is 11.1. The molecule has 0 aliphatic rings. The number of pyridine rings is 1. The molecule has 1 rings (SSSR count). The SMILES string of the molecule is CS(=O)(=O)Oc1c(CO)ncc(CO)c1CO.Cl. The second kappa shape index (κ2) is 6.86. The third kappa shape index (κ3) is 4.07. The van der Waals surface area contributed by atoms with Gasteiger partial charge in [0.25, 0.3) is 0 Å². The van der Waals surface area contributed by atoms with Crippen molar-refractivity contribution in [1.29, 1.82) is 0 Å². The Morgan fingerprint density at radius 2 is 1.83 bits per heavy atom. The molecule has 0 amide bonds. The molecule has 0 atom stereocenters. The molecule has 0 aliphatic heterocycles. The number of aromatic nitrogens is 1. The number of hydrogen-bond acceptors (Lipinski definition) is 7. The number of rotatable bonds is 5. The lowest BCUT2D eigenvalue weighted by Gasteiger charge is -2.13. The molecule has 0 aromatic carbocycles. The summed E-state index contributed by atoms with van der Waals surface area (Å²) in [6.07, 6.45) is 2.08. The van der Waals surface area contributed by atoms with Gasteiger partial charge < -0.3 is 19.5 Å². The van der Waals surface area contributed by atoms with Crippen molar-refractivity contribution >= 4 is 22.5 Å². The molecule has 104 valence electrons. The van der Waals surface area contributed by atoms with Gasteiger partial charge in [0.05, 0.1) is 26.1 Å². The van der Waals surface area contributed by atoms with E-state index in [4.69, 9.17) is 15.3 Å². The van der Waals surface area contributed by atoms with Crippen LogP contribution in [0.15, 0.2) is 6.20 Å². The first-order valence-electron chi connectivity index (χ1n) is 4.64. The highest BCUT2D eigenvalue weighted by molar-refractivity contribution is 7.86. The lowest BCUT2D eigenvalue weighted by atomic mass is 10.1. The zero-order valence-corrected chi connectivity index (χ0v) is 11.2. The molecule has 0 spiro atoms. The van der Waals surface area contributed by atoms with Crippen LogP contribution in [0.4, 0.5) is 0 Å². The first-order chi connectivity index (χ1) is 7.92. The van der Waals surface area contributed by atoms with Gasteiger partial charge in [0.15, 0.2) is 5.75 Å². The molecule has 0 unspecified atom stereocenters. The third-order valence-corrected chi connectivity index (χ3v) is 2.48. The molecule has 0 bridgehead atoms. The van der Waals surface area contributed by atoms with E-state index < -0.39 is 29.9 Å². The second-order valence-electron chi connectivity index (χ2n) is 3.30. The highest BCUT2D eigenvalue weighted by Gasteiger charge is 2.18. The van der Waals surface area contributed by atoms with Gasteiger partial charge in [-0.3, -0.25) is 4.98 Å². The molecule has 3 N–H and O–H groups in total. The van der Waals surface area contributed by atoms with Gasteiger partial charge in [0, 0.05) is 17.3 Å². The molecule has 9 heteroatoms. The van der Waals surface area contributed by atoms with E-state index in [0.29, 0.717) is 0 Å². The van der Waals surface area contributed by atoms with Gasteiger partial charge in [-0.2, -0.15) is 8.42 Å². The Labute approximate surface area is 111 Å². The Bertz CT molecular complexity index is 504. The summed E-state index contributed by atoms with van der Waals surface area (Å²) in [4.78, 5) is 3.75. The molecular formula is C9H14ClNO6S. The van der Waals surface area contributed by atoms with Crippen molar-refractivity contribution in [2.45, 2.75) is 19.8 Å². The summed E-state index contributed by atoms with van der Waals surface area (Å²) in [5.41, 5.74) is 0.317. The topological polar surface area (TPSA) is 117 Å². The maximum atomic E-state index is 11.1. The Morgan fingerprint density at radius 1 is 1.22 bits per heavy atom. The van der Waals surface area contributed by atoms with Crippen LogP contribution in [0.3, 0.4) is 0 Å². The second-order valence-corrected chi connectivity index (χ2v) is 4.87. The number of nitrogens with zero attached hydrogens (tertiary/aromatic N) is 1. The van der Waals surface area contributed by atoms with E-state index in [1.165, 1.54) is 6.20 Å². The van der Waals surface area contributed by atoms with Crippen LogP contribution in [0.25, 0.3) is 0 Å². The van der Waals surface area contributed by atoms with Gasteiger partial charge in [-0.15, -0.1) is 12.4 Å². The van der Waals surface area contributed by atoms with Gasteiger partial charge in [-0.25, -0.2) is 0 Å². The van der Waals surface area contributed by atoms with Crippen LogP contribution in [0, 0.1) is 0 Å². The van der Waals surface area contributed by atoms with Gasteiger partial charge in [-0.1, -0.05) is 0 Å². The average Bonchev–Trinajstić information content (AvgIpc) is 2.26. The van der Waals surface area contributed by atoms with E-state index >= 15 is 0 Å². The number of aliphatic hydroxyl groups excluding tert-OH is 3. The molecule has 0 aliphatic carbocycles. The fourth-order valence-electron chi connectivity index (χ4n) is 1.28. The van der Waals surface area contributed by atoms with Gasteiger partial charge >= 0.3 is 10.1 Å². The monoisotopic (exact) mass is 299 g/mol. The van der Waals surface area contributed by atoms with Crippen LogP contribution in [-0.2, 0) is 29.9 Å². The molecule has 0 radical (unpaired) electrons. The summed E-state index contributed by atoms with van der Waals surface area (Å²) in [5, 5.41) is 27.2. The lowest BCUT2D eigenvalue weighted by Crippen LogP contribution is -2.12. The largest absolute Gasteiger partial charge is 0.392 e. The summed E-state index contributed by atoms with van der Waals surface area (Å²) in [5.74, 6) is -0.232. The Balaban J connectivity index is 0.00000289. The minimum Gasteiger partial charge on any atom is -0.392 e. The zero-order valence-electron chi connectivity index (χ0n) is 9.53. The van der Waals surface area contributed by atoms with E-state index in [0.717, 1.165) is 6.26 Å². The zero-order chi connectivity index (χ0) is 13.1. The van der Waals surface area contributed by atoms with E-state index in [9.17, 15) is 8.42 Å². The van der Waals surface area contributed by atoms with E-state index in [-0.39, 0.29) is 35.0 Å². The summed E-state index contributed by atoms with van der Waals surface area (Å²) in [6, 6.07) is 0. The van der Waals surface area contributed by atoms with Crippen molar-refractivity contribution in [3.8, 4) is 5.75 Å². The van der Waals surface area contributed by atoms with Crippen molar-refractivity contribution in [3.05, 3.63) is 23.0 Å². The predicted octanol–water partition coefficient (Wildman–Crippen LogP) is -0.681. The third-order valence-electron chi connectivity index (χ3n) is 2.01. The van der Waals surface area contributed by atoms with E-state index in [1.54, 1.807) is 0 Å². The predicted molar refractivity (Wildman–Crippen MR) is 64.7 cm³/mol. The van der Waals surface area contributed by atoms with Crippen LogP contribution in [-0.4, -0.2) is 35.0 Å². The smallest absolute Gasteiger partial charge is 0.306 e. The molecule has 18 heavy (non-hydrogen) atoms. The van der Waals surface area contributed by atoms with Gasteiger partial charge in [0.1, 0.15) is 5.69 Å². The molecule has 1 aromatic rings. The quantitative estimate of drug-likeness (QED) is 0.617. The molecule has 0 saturated carbocycles. The highest BCUT2D eigenvalue weighted by atomic mass is 35.5. The van der Waals surface area contributed by atoms with E-state index in [1.807, 2.05) is 0 Å². The van der Waals surface area contributed by atoms with Crippen molar-refractivity contribution in [1.82, 2.24) is 4.98 Å². The summed E-state index contributed by atoms with van der Waals surface area (Å²) < 4.78 is 26.8. The summed E-state index contributed by atoms with van der Waals surface area (Å²) in [6.45, 7) is -1.49. The maximum Gasteiger partial charge on any atom is 0.306 e. The standard InChI is InChI=1S/C9H13NO6S.ClH/c1-17(14,15)16-9-7(4-12)6(3-11)2-10-8(9)5-13;/h2,11-13H,3-5H2,1H3;1H. The van der Waals surface area contributed by atoms with Crippen LogP contribution in [0.2, 0.25) is 0 Å². The minimum atomic E-state index is -3.81. The van der Waals surface area contributed by atoms with Crippen molar-refractivity contribution in [2.24, 2.45) is 0 Å². The summed E-state index contributed by atoms with van der Waals surface area (Å²) >= 11 is 0. The minimum absolute atomic E-state index is 0. The number of aliphatic hydroxyl groups is 3.